The number of furan rings is 1. The number of aromatic nitrogens is 2. The quantitative estimate of drug-likeness (QED) is 0.123. The molecule has 291 valence electrons. The van der Waals surface area contributed by atoms with Crippen molar-refractivity contribution in [2.75, 3.05) is 0 Å². The van der Waals surface area contributed by atoms with Crippen LogP contribution in [0.4, 0.5) is 0 Å². The number of benzene rings is 5. The molecule has 8 rings (SSSR count). The molecule has 57 heavy (non-hydrogen) atoms. The SMILES string of the molecule is [2H]C(C)(c1ccccc1)c1cc(-c2[c-]ccc(C(C)(C)C)c2)nc[c]1[Ge]([CH3])([CH3])[CH3].[2H]C([2H])([2H])c1cc(-c2[c-]cc3oc4cc(C([2H])([2H])[2H])c(C([2H])([2H])[2H])cc4c3c2)ncc1-c1ccccc1.[Ir]. The van der Waals surface area contributed by atoms with Crippen molar-refractivity contribution in [2.45, 2.75) is 76.8 Å². The molecule has 0 fully saturated rings. The van der Waals surface area contributed by atoms with E-state index < -0.39 is 39.7 Å². The molecule has 8 aromatic rings. The van der Waals surface area contributed by atoms with Gasteiger partial charge in [0.1, 0.15) is 5.58 Å². The van der Waals surface area contributed by atoms with Gasteiger partial charge in [-0.15, -0.1) is 23.8 Å². The van der Waals surface area contributed by atoms with Crippen LogP contribution in [0.2, 0.25) is 17.3 Å². The van der Waals surface area contributed by atoms with Crippen molar-refractivity contribution in [1.82, 2.24) is 9.97 Å². The number of hydrogen-bond donors (Lipinski definition) is 0. The molecular weight excluding hydrogens is 933 g/mol. The third-order valence-corrected chi connectivity index (χ3v) is 14.3. The molecule has 0 spiro atoms. The Kier molecular flexibility index (Phi) is 9.13. The normalized spacial score (nSPS) is 16.0. The Morgan fingerprint density at radius 3 is 2.02 bits per heavy atom. The second-order valence-electron chi connectivity index (χ2n) is 16.2. The Hall–Kier alpha value is -4.61. The minimum Gasteiger partial charge on any atom is -0.500 e. The maximum Gasteiger partial charge on any atom is 0.121 e. The summed E-state index contributed by atoms with van der Waals surface area (Å²) in [6.07, 6.45) is 3.56. The average Bonchev–Trinajstić information content (AvgIpc) is 3.62. The third-order valence-electron chi connectivity index (χ3n) is 10.1. The van der Waals surface area contributed by atoms with E-state index >= 15 is 0 Å². The Morgan fingerprint density at radius 1 is 0.702 bits per heavy atom. The van der Waals surface area contributed by atoms with Gasteiger partial charge in [-0.05, 0) is 60.6 Å². The minimum absolute atomic E-state index is 0. The maximum atomic E-state index is 9.32. The van der Waals surface area contributed by atoms with E-state index in [0.29, 0.717) is 33.2 Å². The number of hydrogen-bond acceptors (Lipinski definition) is 3. The molecule has 1 atom stereocenters. The monoisotopic (exact) mass is 997 g/mol. The van der Waals surface area contributed by atoms with Crippen molar-refractivity contribution in [1.29, 1.82) is 0 Å². The Morgan fingerprint density at radius 2 is 1.33 bits per heavy atom. The van der Waals surface area contributed by atoms with Crippen molar-refractivity contribution in [3.05, 3.63) is 173 Å². The number of pyridine rings is 2. The van der Waals surface area contributed by atoms with Gasteiger partial charge in [-0.25, -0.2) is 0 Å². The second kappa shape index (κ2) is 17.1. The van der Waals surface area contributed by atoms with Crippen LogP contribution in [0.1, 0.15) is 80.7 Å². The number of nitrogens with zero attached hydrogens (tertiary/aromatic N) is 2. The summed E-state index contributed by atoms with van der Waals surface area (Å²) < 4.78 is 87.6. The molecule has 5 heteroatoms. The molecule has 3 aromatic heterocycles. The Labute approximate surface area is 369 Å². The van der Waals surface area contributed by atoms with Crippen LogP contribution in [0.3, 0.4) is 0 Å². The van der Waals surface area contributed by atoms with E-state index in [4.69, 9.17) is 21.7 Å². The molecule has 0 N–H and O–H groups in total. The van der Waals surface area contributed by atoms with E-state index in [2.05, 4.69) is 85.5 Å². The van der Waals surface area contributed by atoms with Gasteiger partial charge < -0.3 is 9.40 Å². The van der Waals surface area contributed by atoms with E-state index in [0.717, 1.165) is 27.9 Å². The molecule has 0 saturated heterocycles. The van der Waals surface area contributed by atoms with Gasteiger partial charge in [-0.3, -0.25) is 0 Å². The van der Waals surface area contributed by atoms with Crippen LogP contribution in [0.25, 0.3) is 55.6 Å². The summed E-state index contributed by atoms with van der Waals surface area (Å²) in [7, 11) is 0. The molecule has 5 aromatic carbocycles. The largest absolute Gasteiger partial charge is 0.500 e. The first kappa shape index (κ1) is 30.5. The fraction of sp³-hybridized carbons (Fsp3) is 0.231. The van der Waals surface area contributed by atoms with Crippen LogP contribution in [-0.2, 0) is 25.5 Å². The Bertz CT molecular complexity index is 3040. The molecule has 1 unspecified atom stereocenters. The molecule has 0 amide bonds. The minimum atomic E-state index is -2.64. The van der Waals surface area contributed by atoms with E-state index in [1.54, 1.807) is 12.1 Å². The van der Waals surface area contributed by atoms with Crippen molar-refractivity contribution < 1.29 is 38.2 Å². The molecule has 3 heterocycles. The van der Waals surface area contributed by atoms with Crippen LogP contribution in [0.15, 0.2) is 132 Å². The van der Waals surface area contributed by atoms with Gasteiger partial charge in [0, 0.05) is 49.6 Å². The van der Waals surface area contributed by atoms with Gasteiger partial charge in [-0.1, -0.05) is 41.8 Å². The average molecular weight is 996 g/mol. The van der Waals surface area contributed by atoms with Gasteiger partial charge >= 0.3 is 175 Å². The summed E-state index contributed by atoms with van der Waals surface area (Å²) >= 11 is -2.23. The smallest absolute Gasteiger partial charge is 0.121 e. The molecule has 0 aliphatic heterocycles. The van der Waals surface area contributed by atoms with E-state index in [9.17, 15) is 1.37 Å². The van der Waals surface area contributed by atoms with Crippen molar-refractivity contribution in [2.24, 2.45) is 0 Å². The van der Waals surface area contributed by atoms with Gasteiger partial charge in [-0.2, -0.15) is 0 Å². The fourth-order valence-electron chi connectivity index (χ4n) is 6.80. The third kappa shape index (κ3) is 9.25. The zero-order valence-corrected chi connectivity index (χ0v) is 37.8. The van der Waals surface area contributed by atoms with Gasteiger partial charge in [0.15, 0.2) is 0 Å². The van der Waals surface area contributed by atoms with Crippen molar-refractivity contribution in [3.8, 4) is 33.6 Å². The molecule has 0 saturated carbocycles. The van der Waals surface area contributed by atoms with Crippen LogP contribution in [0.5, 0.6) is 0 Å². The first-order valence-electron chi connectivity index (χ1n) is 23.7. The van der Waals surface area contributed by atoms with Crippen LogP contribution in [0, 0.1) is 32.7 Å². The van der Waals surface area contributed by atoms with Crippen molar-refractivity contribution >= 4 is 39.6 Å². The predicted molar refractivity (Wildman–Crippen MR) is 240 cm³/mol. The van der Waals surface area contributed by atoms with Gasteiger partial charge in [0.05, 0.1) is 5.58 Å². The summed E-state index contributed by atoms with van der Waals surface area (Å²) in [5.41, 5.74) is 7.61. The molecule has 1 radical (unpaired) electrons. The summed E-state index contributed by atoms with van der Waals surface area (Å²) in [5, 5.41) is 0.969. The maximum absolute atomic E-state index is 9.32. The standard InChI is InChI=1S/C26H32GeN.C26H20NO.Ir/c1-19(20-12-9-8-10-13-20)23-17-25(28-18-24(23)27(5,6)7)21-14-11-15-22(16-21)26(2,3)4;1-16-11-21-22-14-20(9-10-25(22)28-26(21)13-17(16)2)24-12-18(3)23(15-27-24)19-7-5-4-6-8-19;/h8-13,15-19H,1-7H3;4-8,10-15H,1-3H3;/q2*-1;/i19D;1D3,2D3,3D3;. The van der Waals surface area contributed by atoms with Crippen LogP contribution < -0.4 is 4.40 Å². The fourth-order valence-corrected chi connectivity index (χ4v) is 9.99. The van der Waals surface area contributed by atoms with Crippen molar-refractivity contribution in [3.63, 3.8) is 0 Å². The van der Waals surface area contributed by atoms with Gasteiger partial charge in [0.2, 0.25) is 0 Å². The molecule has 0 aliphatic carbocycles. The summed E-state index contributed by atoms with van der Waals surface area (Å²) in [5.74, 6) is 6.28. The second-order valence-corrected chi connectivity index (χ2v) is 26.8. The summed E-state index contributed by atoms with van der Waals surface area (Å²) in [6.45, 7) is 0.995. The summed E-state index contributed by atoms with van der Waals surface area (Å²) in [6, 6.07) is 41.5. The topological polar surface area (TPSA) is 38.9 Å². The summed E-state index contributed by atoms with van der Waals surface area (Å²) in [4.78, 5) is 9.34. The van der Waals surface area contributed by atoms with E-state index in [1.165, 1.54) is 34.4 Å². The molecular formula is C52H52GeIrN2O-2. The van der Waals surface area contributed by atoms with Crippen LogP contribution in [-0.4, -0.2) is 23.2 Å². The number of aryl methyl sites for hydroxylation is 3. The van der Waals surface area contributed by atoms with E-state index in [1.807, 2.05) is 67.7 Å². The Balaban J connectivity index is 0.000000224. The number of rotatable bonds is 6. The molecule has 0 bridgehead atoms. The zero-order chi connectivity index (χ0) is 48.2. The van der Waals surface area contributed by atoms with Gasteiger partial charge in [0.25, 0.3) is 0 Å². The predicted octanol–water partition coefficient (Wildman–Crippen LogP) is 13.6. The first-order chi connectivity index (χ1) is 30.6. The number of fused-ring (bicyclic) bond motifs is 3. The zero-order valence-electron chi connectivity index (χ0n) is 43.3. The van der Waals surface area contributed by atoms with Crippen LogP contribution >= 0.6 is 0 Å². The molecule has 0 aliphatic rings. The van der Waals surface area contributed by atoms with E-state index in [-0.39, 0.29) is 47.8 Å². The first-order valence-corrected chi connectivity index (χ1v) is 26.1. The molecule has 3 nitrogen and oxygen atoms in total.